The normalized spacial score (nSPS) is 11.1. The first kappa shape index (κ1) is 14.7. The molecular weight excluding hydrogens is 280 g/mol. The largest absolute Gasteiger partial charge is 0.494 e. The molecule has 0 atom stereocenters. The lowest BCUT2D eigenvalue weighted by Gasteiger charge is -2.12. The van der Waals surface area contributed by atoms with Gasteiger partial charge in [-0.3, -0.25) is 4.79 Å². The van der Waals surface area contributed by atoms with Crippen LogP contribution < -0.4 is 15.2 Å². The Bertz CT molecular complexity index is 571. The van der Waals surface area contributed by atoms with E-state index in [1.54, 1.807) is 6.92 Å². The van der Waals surface area contributed by atoms with Crippen LogP contribution in [0.25, 0.3) is 0 Å². The molecule has 3 N–H and O–H groups in total. The Morgan fingerprint density at radius 1 is 1.50 bits per heavy atom. The second-order valence-corrected chi connectivity index (χ2v) is 5.36. The molecule has 0 saturated heterocycles. The van der Waals surface area contributed by atoms with Gasteiger partial charge in [-0.05, 0) is 19.1 Å². The van der Waals surface area contributed by atoms with Gasteiger partial charge in [0.15, 0.2) is 5.75 Å². The Morgan fingerprint density at radius 2 is 2.11 bits per heavy atom. The first-order valence-electron chi connectivity index (χ1n) is 4.99. The molecule has 1 rings (SSSR count). The van der Waals surface area contributed by atoms with E-state index < -0.39 is 15.9 Å². The topological polar surface area (TPSA) is 98.5 Å². The Balaban J connectivity index is 3.53. The first-order chi connectivity index (χ1) is 8.31. The third kappa shape index (κ3) is 3.12. The van der Waals surface area contributed by atoms with Crippen molar-refractivity contribution >= 4 is 27.5 Å². The Labute approximate surface area is 110 Å². The highest BCUT2D eigenvalue weighted by Gasteiger charge is 2.23. The maximum atomic E-state index is 11.8. The zero-order chi connectivity index (χ0) is 13.9. The van der Waals surface area contributed by atoms with Crippen LogP contribution in [-0.4, -0.2) is 28.0 Å². The fourth-order valence-electron chi connectivity index (χ4n) is 1.41. The number of rotatable bonds is 4. The van der Waals surface area contributed by atoms with Gasteiger partial charge in [0.1, 0.15) is 4.90 Å². The average molecular weight is 293 g/mol. The maximum Gasteiger partial charge on any atom is 0.255 e. The van der Waals surface area contributed by atoms with Crippen LogP contribution in [0.3, 0.4) is 0 Å². The predicted molar refractivity (Wildman–Crippen MR) is 67.4 cm³/mol. The van der Waals surface area contributed by atoms with Gasteiger partial charge in [0.05, 0.1) is 12.7 Å². The summed E-state index contributed by atoms with van der Waals surface area (Å²) < 4.78 is 27.8. The molecule has 0 fully saturated rings. The van der Waals surface area contributed by atoms with Crippen molar-refractivity contribution in [3.8, 4) is 5.75 Å². The molecule has 0 aromatic heterocycles. The van der Waals surface area contributed by atoms with Crippen LogP contribution in [-0.2, 0) is 10.0 Å². The number of methoxy groups -OCH3 is 1. The number of carbonyl (C=O) groups is 1. The highest BCUT2D eigenvalue weighted by molar-refractivity contribution is 7.89. The van der Waals surface area contributed by atoms with Gasteiger partial charge in [-0.2, -0.15) is 0 Å². The molecule has 0 unspecified atom stereocenters. The zero-order valence-corrected chi connectivity index (χ0v) is 11.4. The number of amides is 1. The lowest BCUT2D eigenvalue weighted by molar-refractivity contribution is 0.0952. The van der Waals surface area contributed by atoms with E-state index in [9.17, 15) is 13.2 Å². The van der Waals surface area contributed by atoms with Gasteiger partial charge in [0.2, 0.25) is 10.0 Å². The molecule has 0 bridgehead atoms. The fourth-order valence-corrected chi connectivity index (χ4v) is 2.44. The molecule has 1 amide bonds. The third-order valence-electron chi connectivity index (χ3n) is 2.11. The summed E-state index contributed by atoms with van der Waals surface area (Å²) in [5, 5.41) is 7.66. The van der Waals surface area contributed by atoms with Crippen LogP contribution in [0.1, 0.15) is 17.3 Å². The summed E-state index contributed by atoms with van der Waals surface area (Å²) in [6.07, 6.45) is 0. The molecule has 0 radical (unpaired) electrons. The van der Waals surface area contributed by atoms with Gasteiger partial charge in [-0.1, -0.05) is 11.6 Å². The van der Waals surface area contributed by atoms with Crippen LogP contribution in [0.15, 0.2) is 17.0 Å². The molecule has 1 aromatic carbocycles. The van der Waals surface area contributed by atoms with Crippen molar-refractivity contribution in [1.29, 1.82) is 0 Å². The Morgan fingerprint density at radius 3 is 2.56 bits per heavy atom. The monoisotopic (exact) mass is 292 g/mol. The van der Waals surface area contributed by atoms with Gasteiger partial charge in [0, 0.05) is 11.6 Å². The number of ether oxygens (including phenoxy) is 1. The lowest BCUT2D eigenvalue weighted by atomic mass is 10.2. The SMILES string of the molecule is CCNC(=O)c1cc(Cl)cc(S(N)(=O)=O)c1OC. The van der Waals surface area contributed by atoms with E-state index in [2.05, 4.69) is 5.32 Å². The van der Waals surface area contributed by atoms with Gasteiger partial charge in [-0.25, -0.2) is 13.6 Å². The standard InChI is InChI=1S/C10H13ClN2O4S/c1-3-13-10(14)7-4-6(11)5-8(9(7)17-2)18(12,15)16/h4-5H,3H2,1-2H3,(H,13,14)(H2,12,15,16). The highest BCUT2D eigenvalue weighted by Crippen LogP contribution is 2.30. The minimum atomic E-state index is -4.03. The van der Waals surface area contributed by atoms with E-state index in [0.717, 1.165) is 6.07 Å². The van der Waals surface area contributed by atoms with E-state index in [-0.39, 0.29) is 21.2 Å². The van der Waals surface area contributed by atoms with Gasteiger partial charge < -0.3 is 10.1 Å². The predicted octanol–water partition coefficient (Wildman–Crippen LogP) is 0.746. The second kappa shape index (κ2) is 5.55. The number of benzene rings is 1. The number of hydrogen-bond acceptors (Lipinski definition) is 4. The summed E-state index contributed by atoms with van der Waals surface area (Å²) in [5.41, 5.74) is 0.0240. The number of sulfonamides is 1. The van der Waals surface area contributed by atoms with Crippen LogP contribution in [0, 0.1) is 0 Å². The molecule has 6 nitrogen and oxygen atoms in total. The smallest absolute Gasteiger partial charge is 0.255 e. The summed E-state index contributed by atoms with van der Waals surface area (Å²) >= 11 is 5.77. The van der Waals surface area contributed by atoms with Gasteiger partial charge in [-0.15, -0.1) is 0 Å². The quantitative estimate of drug-likeness (QED) is 0.855. The van der Waals surface area contributed by atoms with Gasteiger partial charge >= 0.3 is 0 Å². The molecule has 100 valence electrons. The van der Waals surface area contributed by atoms with Crippen molar-refractivity contribution in [3.05, 3.63) is 22.7 Å². The minimum Gasteiger partial charge on any atom is -0.494 e. The van der Waals surface area contributed by atoms with Crippen LogP contribution in [0.5, 0.6) is 5.75 Å². The maximum absolute atomic E-state index is 11.8. The average Bonchev–Trinajstić information content (AvgIpc) is 2.27. The first-order valence-corrected chi connectivity index (χ1v) is 6.92. The lowest BCUT2D eigenvalue weighted by Crippen LogP contribution is -2.24. The molecule has 0 aliphatic carbocycles. The summed E-state index contributed by atoms with van der Waals surface area (Å²) in [7, 11) is -2.78. The fraction of sp³-hybridized carbons (Fsp3) is 0.300. The molecule has 8 heteroatoms. The van der Waals surface area contributed by atoms with Gasteiger partial charge in [0.25, 0.3) is 5.91 Å². The summed E-state index contributed by atoms with van der Waals surface area (Å²) in [5.74, 6) is -0.602. The highest BCUT2D eigenvalue weighted by atomic mass is 35.5. The molecule has 0 heterocycles. The molecule has 0 aliphatic rings. The molecule has 1 aromatic rings. The van der Waals surface area contributed by atoms with E-state index >= 15 is 0 Å². The summed E-state index contributed by atoms with van der Waals surface area (Å²) in [6.45, 7) is 2.12. The zero-order valence-electron chi connectivity index (χ0n) is 9.86. The number of nitrogens with one attached hydrogen (secondary N) is 1. The number of nitrogens with two attached hydrogens (primary N) is 1. The summed E-state index contributed by atoms with van der Waals surface area (Å²) in [4.78, 5) is 11.4. The van der Waals surface area contributed by atoms with Crippen molar-refractivity contribution in [2.45, 2.75) is 11.8 Å². The van der Waals surface area contributed by atoms with Crippen molar-refractivity contribution in [3.63, 3.8) is 0 Å². The Hall–Kier alpha value is -1.31. The van der Waals surface area contributed by atoms with E-state index in [0.29, 0.717) is 6.54 Å². The van der Waals surface area contributed by atoms with Crippen LogP contribution >= 0.6 is 11.6 Å². The van der Waals surface area contributed by atoms with E-state index in [1.807, 2.05) is 0 Å². The number of halogens is 1. The molecule has 0 saturated carbocycles. The van der Waals surface area contributed by atoms with E-state index in [1.165, 1.54) is 13.2 Å². The van der Waals surface area contributed by atoms with Crippen molar-refractivity contribution in [2.75, 3.05) is 13.7 Å². The van der Waals surface area contributed by atoms with Crippen molar-refractivity contribution in [1.82, 2.24) is 5.32 Å². The molecule has 0 spiro atoms. The van der Waals surface area contributed by atoms with Crippen molar-refractivity contribution in [2.24, 2.45) is 5.14 Å². The van der Waals surface area contributed by atoms with E-state index in [4.69, 9.17) is 21.5 Å². The van der Waals surface area contributed by atoms with Crippen molar-refractivity contribution < 1.29 is 17.9 Å². The molecule has 18 heavy (non-hydrogen) atoms. The molecular formula is C10H13ClN2O4S. The number of hydrogen-bond donors (Lipinski definition) is 2. The van der Waals surface area contributed by atoms with Crippen LogP contribution in [0.2, 0.25) is 5.02 Å². The number of primary sulfonamides is 1. The third-order valence-corrected chi connectivity index (χ3v) is 3.25. The van der Waals surface area contributed by atoms with Crippen LogP contribution in [0.4, 0.5) is 0 Å². The second-order valence-electron chi connectivity index (χ2n) is 3.39. The number of carbonyl (C=O) groups excluding carboxylic acids is 1. The summed E-state index contributed by atoms with van der Waals surface area (Å²) in [6, 6.07) is 2.46. The minimum absolute atomic E-state index is 0.0240. The Kier molecular flexibility index (Phi) is 4.55. The molecule has 0 aliphatic heterocycles.